The number of carbonyl (C=O) groups is 1. The van der Waals surface area contributed by atoms with Crippen molar-refractivity contribution in [2.45, 2.75) is 26.7 Å². The number of hydrogen-bond donors (Lipinski definition) is 1. The predicted molar refractivity (Wildman–Crippen MR) is 50.5 cm³/mol. The fourth-order valence-electron chi connectivity index (χ4n) is 0.714. The Hall–Kier alpha value is -0.610. The van der Waals surface area contributed by atoms with Crippen LogP contribution in [0.3, 0.4) is 0 Å². The number of aliphatic hydroxyl groups excluding tert-OH is 1. The summed E-state index contributed by atoms with van der Waals surface area (Å²) in [6.45, 7) is 5.65. The predicted octanol–water partition coefficient (Wildman–Crippen LogP) is 0.975. The first-order chi connectivity index (χ1) is 6.27. The maximum absolute atomic E-state index is 9.82. The summed E-state index contributed by atoms with van der Waals surface area (Å²) < 4.78 is 9.35. The van der Waals surface area contributed by atoms with Crippen molar-refractivity contribution in [2.75, 3.05) is 26.9 Å². The largest absolute Gasteiger partial charge is 0.466 e. The van der Waals surface area contributed by atoms with E-state index < -0.39 is 0 Å². The normalized spacial score (nSPS) is 13.2. The van der Waals surface area contributed by atoms with Gasteiger partial charge in [0.25, 0.3) is 0 Å². The summed E-state index contributed by atoms with van der Waals surface area (Å²) in [7, 11) is 1.00. The number of rotatable bonds is 1. The van der Waals surface area contributed by atoms with Gasteiger partial charge in [0.15, 0.2) is 0 Å². The van der Waals surface area contributed by atoms with Gasteiger partial charge in [0.2, 0.25) is 0 Å². The van der Waals surface area contributed by atoms with Crippen molar-refractivity contribution in [3.05, 3.63) is 0 Å². The van der Waals surface area contributed by atoms with Gasteiger partial charge in [0.1, 0.15) is 0 Å². The number of aliphatic hydroxyl groups is 1. The molecule has 0 saturated carbocycles. The zero-order valence-electron chi connectivity index (χ0n) is 8.71. The lowest BCUT2D eigenvalue weighted by molar-refractivity contribution is -0.140. The van der Waals surface area contributed by atoms with Crippen LogP contribution in [0.5, 0.6) is 0 Å². The van der Waals surface area contributed by atoms with E-state index >= 15 is 0 Å². The van der Waals surface area contributed by atoms with Gasteiger partial charge in [0.05, 0.1) is 6.61 Å². The maximum atomic E-state index is 9.82. The third kappa shape index (κ3) is 18.4. The molecule has 0 radical (unpaired) electrons. The molecule has 1 N–H and O–H groups in total. The number of carbonyl (C=O) groups excluding carboxylic acids is 1. The van der Waals surface area contributed by atoms with Crippen molar-refractivity contribution in [3.63, 3.8) is 0 Å². The molecule has 1 rings (SSSR count). The molecule has 1 aliphatic rings. The Balaban J connectivity index is 0. The van der Waals surface area contributed by atoms with Gasteiger partial charge in [-0.15, -0.1) is 0 Å². The highest BCUT2D eigenvalue weighted by molar-refractivity contribution is 5.65. The molecule has 0 aromatic heterocycles. The first-order valence-corrected chi connectivity index (χ1v) is 4.43. The fraction of sp³-hybridized carbons (Fsp3) is 0.889. The van der Waals surface area contributed by atoms with Crippen LogP contribution >= 0.6 is 0 Å². The molecule has 0 spiro atoms. The van der Waals surface area contributed by atoms with Crippen molar-refractivity contribution < 1.29 is 19.4 Å². The molecule has 13 heavy (non-hydrogen) atoms. The van der Waals surface area contributed by atoms with E-state index in [1.165, 1.54) is 19.8 Å². The maximum Gasteiger partial charge on any atom is 0.302 e. The number of ether oxygens (including phenoxy) is 2. The summed E-state index contributed by atoms with van der Waals surface area (Å²) in [6, 6.07) is 0. The van der Waals surface area contributed by atoms with E-state index in [1.54, 1.807) is 6.92 Å². The van der Waals surface area contributed by atoms with Crippen LogP contribution in [0, 0.1) is 0 Å². The molecule has 1 aliphatic heterocycles. The molecule has 0 aromatic carbocycles. The zero-order valence-corrected chi connectivity index (χ0v) is 8.71. The van der Waals surface area contributed by atoms with E-state index in [-0.39, 0.29) is 5.97 Å². The van der Waals surface area contributed by atoms with E-state index in [1.807, 2.05) is 0 Å². The Morgan fingerprint density at radius 1 is 1.38 bits per heavy atom. The minimum Gasteiger partial charge on any atom is -0.466 e. The molecular formula is C9H20O4. The minimum absolute atomic E-state index is 0.211. The monoisotopic (exact) mass is 192 g/mol. The van der Waals surface area contributed by atoms with Crippen molar-refractivity contribution in [2.24, 2.45) is 0 Å². The molecule has 0 aromatic rings. The average Bonchev–Trinajstić information content (AvgIpc) is 2.64. The van der Waals surface area contributed by atoms with Gasteiger partial charge in [-0.2, -0.15) is 0 Å². The zero-order chi connectivity index (χ0) is 10.5. The Bertz CT molecular complexity index is 92.2. The topological polar surface area (TPSA) is 55.8 Å². The molecule has 0 bridgehead atoms. The molecule has 0 amide bonds. The van der Waals surface area contributed by atoms with E-state index in [0.717, 1.165) is 20.3 Å². The SMILES string of the molecule is C1CCOC1.CCOC(C)=O.CO. The van der Waals surface area contributed by atoms with E-state index in [4.69, 9.17) is 9.84 Å². The van der Waals surface area contributed by atoms with E-state index in [9.17, 15) is 4.79 Å². The lowest BCUT2D eigenvalue weighted by atomic mass is 10.4. The molecule has 1 fully saturated rings. The minimum atomic E-state index is -0.211. The lowest BCUT2D eigenvalue weighted by Gasteiger charge is -1.89. The highest BCUT2D eigenvalue weighted by Crippen LogP contribution is 1.98. The Morgan fingerprint density at radius 3 is 1.92 bits per heavy atom. The second-order valence-corrected chi connectivity index (χ2v) is 2.24. The average molecular weight is 192 g/mol. The molecule has 0 atom stereocenters. The summed E-state index contributed by atoms with van der Waals surface area (Å²) in [5, 5.41) is 7.00. The van der Waals surface area contributed by atoms with Gasteiger partial charge < -0.3 is 14.6 Å². The summed E-state index contributed by atoms with van der Waals surface area (Å²) in [5.41, 5.74) is 0. The van der Waals surface area contributed by atoms with Gasteiger partial charge >= 0.3 is 5.97 Å². The quantitative estimate of drug-likeness (QED) is 0.629. The van der Waals surface area contributed by atoms with Crippen molar-refractivity contribution in [1.82, 2.24) is 0 Å². The molecule has 1 saturated heterocycles. The van der Waals surface area contributed by atoms with Gasteiger partial charge in [-0.3, -0.25) is 4.79 Å². The van der Waals surface area contributed by atoms with Crippen LogP contribution in [0.4, 0.5) is 0 Å². The Morgan fingerprint density at radius 2 is 1.85 bits per heavy atom. The van der Waals surface area contributed by atoms with Crippen LogP contribution < -0.4 is 0 Å². The van der Waals surface area contributed by atoms with E-state index in [2.05, 4.69) is 4.74 Å². The molecule has 1 heterocycles. The van der Waals surface area contributed by atoms with Crippen molar-refractivity contribution in [3.8, 4) is 0 Å². The Kier molecular flexibility index (Phi) is 16.0. The van der Waals surface area contributed by atoms with Crippen LogP contribution in [0.15, 0.2) is 0 Å². The number of hydrogen-bond acceptors (Lipinski definition) is 4. The van der Waals surface area contributed by atoms with E-state index in [0.29, 0.717) is 6.61 Å². The van der Waals surface area contributed by atoms with Crippen LogP contribution in [0.1, 0.15) is 26.7 Å². The second kappa shape index (κ2) is 13.9. The van der Waals surface area contributed by atoms with Crippen molar-refractivity contribution >= 4 is 5.97 Å². The smallest absolute Gasteiger partial charge is 0.302 e. The molecule has 4 nitrogen and oxygen atoms in total. The summed E-state index contributed by atoms with van der Waals surface area (Å²) >= 11 is 0. The molecular weight excluding hydrogens is 172 g/mol. The second-order valence-electron chi connectivity index (χ2n) is 2.24. The van der Waals surface area contributed by atoms with Crippen molar-refractivity contribution in [1.29, 1.82) is 0 Å². The highest BCUT2D eigenvalue weighted by Gasteiger charge is 1.94. The molecule has 0 unspecified atom stereocenters. The third-order valence-corrected chi connectivity index (χ3v) is 1.17. The Labute approximate surface area is 79.8 Å². The summed E-state index contributed by atoms with van der Waals surface area (Å²) in [6.07, 6.45) is 2.56. The van der Waals surface area contributed by atoms with Gasteiger partial charge in [-0.25, -0.2) is 0 Å². The standard InChI is InChI=1S/C4H8O2.C4H8O.CH4O/c1-3-6-4(2)5;1-2-4-5-3-1;1-2/h3H2,1-2H3;1-4H2;2H,1H3. The number of esters is 1. The molecule has 80 valence electrons. The summed E-state index contributed by atoms with van der Waals surface area (Å²) in [4.78, 5) is 9.82. The molecule has 0 aliphatic carbocycles. The van der Waals surface area contributed by atoms with Crippen LogP contribution in [0.25, 0.3) is 0 Å². The van der Waals surface area contributed by atoms with Crippen LogP contribution in [-0.4, -0.2) is 38.0 Å². The van der Waals surface area contributed by atoms with Gasteiger partial charge in [-0.1, -0.05) is 0 Å². The lowest BCUT2D eigenvalue weighted by Crippen LogP contribution is -1.95. The van der Waals surface area contributed by atoms with Crippen LogP contribution in [-0.2, 0) is 14.3 Å². The van der Waals surface area contributed by atoms with Crippen LogP contribution in [0.2, 0.25) is 0 Å². The highest BCUT2D eigenvalue weighted by atomic mass is 16.5. The summed E-state index contributed by atoms with van der Waals surface area (Å²) in [5.74, 6) is -0.211. The third-order valence-electron chi connectivity index (χ3n) is 1.17. The first kappa shape index (κ1) is 14.9. The first-order valence-electron chi connectivity index (χ1n) is 4.43. The van der Waals surface area contributed by atoms with Gasteiger partial charge in [0, 0.05) is 27.2 Å². The molecule has 4 heteroatoms. The fourth-order valence-corrected chi connectivity index (χ4v) is 0.714. The van der Waals surface area contributed by atoms with Gasteiger partial charge in [-0.05, 0) is 19.8 Å².